The van der Waals surface area contributed by atoms with E-state index in [4.69, 9.17) is 10.3 Å². The van der Waals surface area contributed by atoms with E-state index in [2.05, 4.69) is 37.5 Å². The average molecular weight is 272 g/mol. The average Bonchev–Trinajstić information content (AvgIpc) is 2.82. The Balaban J connectivity index is 1.90. The first-order valence-corrected chi connectivity index (χ1v) is 7.63. The predicted molar refractivity (Wildman–Crippen MR) is 82.1 cm³/mol. The number of hydrazine groups is 1. The smallest absolute Gasteiger partial charge is 0.134 e. The lowest BCUT2D eigenvalue weighted by Gasteiger charge is -2.31. The van der Waals surface area contributed by atoms with E-state index in [1.807, 2.05) is 6.07 Å². The van der Waals surface area contributed by atoms with E-state index in [9.17, 15) is 0 Å². The van der Waals surface area contributed by atoms with Gasteiger partial charge in [0.2, 0.25) is 0 Å². The Morgan fingerprint density at radius 1 is 1.30 bits per heavy atom. The minimum Gasteiger partial charge on any atom is -0.459 e. The first-order chi connectivity index (χ1) is 9.67. The molecule has 1 aromatic carbocycles. The maximum absolute atomic E-state index is 6.02. The maximum Gasteiger partial charge on any atom is 0.134 e. The van der Waals surface area contributed by atoms with Gasteiger partial charge in [0, 0.05) is 5.39 Å². The highest BCUT2D eigenvalue weighted by Gasteiger charge is 2.29. The van der Waals surface area contributed by atoms with E-state index in [0.717, 1.165) is 17.3 Å². The Labute approximate surface area is 120 Å². The molecule has 2 aromatic rings. The first kappa shape index (κ1) is 13.7. The number of rotatable bonds is 3. The molecule has 3 rings (SSSR count). The van der Waals surface area contributed by atoms with E-state index in [1.165, 1.54) is 36.6 Å². The van der Waals surface area contributed by atoms with Gasteiger partial charge in [-0.15, -0.1) is 0 Å². The topological polar surface area (TPSA) is 51.2 Å². The minimum absolute atomic E-state index is 0.130. The Morgan fingerprint density at radius 3 is 2.90 bits per heavy atom. The molecule has 108 valence electrons. The molecule has 3 unspecified atom stereocenters. The van der Waals surface area contributed by atoms with Gasteiger partial charge in [0.15, 0.2) is 0 Å². The van der Waals surface area contributed by atoms with Crippen molar-refractivity contribution in [1.29, 1.82) is 0 Å². The van der Waals surface area contributed by atoms with Gasteiger partial charge in [-0.25, -0.2) is 5.43 Å². The fourth-order valence-electron chi connectivity index (χ4n) is 3.57. The van der Waals surface area contributed by atoms with E-state index in [1.54, 1.807) is 0 Å². The maximum atomic E-state index is 6.02. The van der Waals surface area contributed by atoms with Crippen LogP contribution >= 0.6 is 0 Å². The van der Waals surface area contributed by atoms with Crippen LogP contribution in [0, 0.1) is 18.8 Å². The second-order valence-electron chi connectivity index (χ2n) is 6.37. The van der Waals surface area contributed by atoms with Gasteiger partial charge in [-0.05, 0) is 49.8 Å². The molecule has 3 nitrogen and oxygen atoms in total. The molecule has 3 heteroatoms. The van der Waals surface area contributed by atoms with Crippen molar-refractivity contribution in [3.8, 4) is 0 Å². The number of hydrogen-bond donors (Lipinski definition) is 2. The second-order valence-corrected chi connectivity index (χ2v) is 6.37. The van der Waals surface area contributed by atoms with Crippen LogP contribution in [-0.2, 0) is 0 Å². The second kappa shape index (κ2) is 5.58. The van der Waals surface area contributed by atoms with Crippen molar-refractivity contribution in [2.45, 2.75) is 45.6 Å². The van der Waals surface area contributed by atoms with Crippen molar-refractivity contribution in [3.05, 3.63) is 35.6 Å². The summed E-state index contributed by atoms with van der Waals surface area (Å²) in [4.78, 5) is 0. The van der Waals surface area contributed by atoms with Crippen molar-refractivity contribution < 1.29 is 4.42 Å². The van der Waals surface area contributed by atoms with Crippen molar-refractivity contribution in [2.24, 2.45) is 17.7 Å². The molecule has 0 radical (unpaired) electrons. The fraction of sp³-hybridized carbons (Fsp3) is 0.529. The quantitative estimate of drug-likeness (QED) is 0.654. The molecule has 0 bridgehead atoms. The molecule has 0 amide bonds. The molecule has 0 saturated heterocycles. The SMILES string of the molecule is Cc1ccc2oc(C(NN)C3CCCC(C)C3)cc2c1. The van der Waals surface area contributed by atoms with Crippen molar-refractivity contribution in [3.63, 3.8) is 0 Å². The van der Waals surface area contributed by atoms with Gasteiger partial charge < -0.3 is 4.42 Å². The summed E-state index contributed by atoms with van der Waals surface area (Å²) in [6, 6.07) is 8.57. The molecular formula is C17H24N2O. The number of nitrogens with two attached hydrogens (primary N) is 1. The molecule has 0 spiro atoms. The highest BCUT2D eigenvalue weighted by Crippen LogP contribution is 2.38. The third-order valence-electron chi connectivity index (χ3n) is 4.63. The molecule has 3 atom stereocenters. The molecule has 1 fully saturated rings. The van der Waals surface area contributed by atoms with Gasteiger partial charge in [0.25, 0.3) is 0 Å². The summed E-state index contributed by atoms with van der Waals surface area (Å²) in [6.45, 7) is 4.44. The van der Waals surface area contributed by atoms with E-state index in [0.29, 0.717) is 5.92 Å². The number of nitrogens with one attached hydrogen (secondary N) is 1. The third kappa shape index (κ3) is 2.60. The van der Waals surface area contributed by atoms with Gasteiger partial charge in [-0.1, -0.05) is 31.4 Å². The number of furan rings is 1. The van der Waals surface area contributed by atoms with Crippen LogP contribution in [0.25, 0.3) is 11.0 Å². The summed E-state index contributed by atoms with van der Waals surface area (Å²) in [5.41, 5.74) is 5.20. The van der Waals surface area contributed by atoms with Crippen LogP contribution in [0.4, 0.5) is 0 Å². The zero-order valence-electron chi connectivity index (χ0n) is 12.4. The molecule has 1 aromatic heterocycles. The lowest BCUT2D eigenvalue weighted by molar-refractivity contribution is 0.208. The number of aryl methyl sites for hydroxylation is 1. The van der Waals surface area contributed by atoms with Gasteiger partial charge >= 0.3 is 0 Å². The van der Waals surface area contributed by atoms with Crippen LogP contribution in [0.2, 0.25) is 0 Å². The lowest BCUT2D eigenvalue weighted by atomic mass is 9.78. The van der Waals surface area contributed by atoms with E-state index in [-0.39, 0.29) is 6.04 Å². The van der Waals surface area contributed by atoms with Crippen LogP contribution in [-0.4, -0.2) is 0 Å². The summed E-state index contributed by atoms with van der Waals surface area (Å²) < 4.78 is 6.02. The van der Waals surface area contributed by atoms with Crippen molar-refractivity contribution in [2.75, 3.05) is 0 Å². The summed E-state index contributed by atoms with van der Waals surface area (Å²) in [6.07, 6.45) is 5.09. The summed E-state index contributed by atoms with van der Waals surface area (Å²) in [5, 5.41) is 1.17. The number of hydrogen-bond acceptors (Lipinski definition) is 3. The van der Waals surface area contributed by atoms with Crippen LogP contribution in [0.3, 0.4) is 0 Å². The van der Waals surface area contributed by atoms with E-state index < -0.39 is 0 Å². The molecule has 1 aliphatic carbocycles. The highest BCUT2D eigenvalue weighted by molar-refractivity contribution is 5.78. The Kier molecular flexibility index (Phi) is 3.81. The van der Waals surface area contributed by atoms with Gasteiger partial charge in [-0.3, -0.25) is 5.84 Å². The number of benzene rings is 1. The summed E-state index contributed by atoms with van der Waals surface area (Å²) in [5.74, 6) is 8.16. The molecule has 1 saturated carbocycles. The third-order valence-corrected chi connectivity index (χ3v) is 4.63. The highest BCUT2D eigenvalue weighted by atomic mass is 16.3. The van der Waals surface area contributed by atoms with Gasteiger partial charge in [0.05, 0.1) is 6.04 Å². The Hall–Kier alpha value is -1.32. The van der Waals surface area contributed by atoms with Crippen molar-refractivity contribution in [1.82, 2.24) is 5.43 Å². The standard InChI is InChI=1S/C17H24N2O/c1-11-4-3-5-13(8-11)17(19-18)16-10-14-9-12(2)6-7-15(14)20-16/h6-7,9-11,13,17,19H,3-5,8,18H2,1-2H3. The van der Waals surface area contributed by atoms with Gasteiger partial charge in [0.1, 0.15) is 11.3 Å². The summed E-state index contributed by atoms with van der Waals surface area (Å²) in [7, 11) is 0. The fourth-order valence-corrected chi connectivity index (χ4v) is 3.57. The molecule has 1 aliphatic rings. The van der Waals surface area contributed by atoms with Crippen LogP contribution in [0.5, 0.6) is 0 Å². The minimum atomic E-state index is 0.130. The Morgan fingerprint density at radius 2 is 2.15 bits per heavy atom. The molecule has 3 N–H and O–H groups in total. The Bertz CT molecular complexity index is 590. The molecule has 0 aliphatic heterocycles. The monoisotopic (exact) mass is 272 g/mol. The molecule has 20 heavy (non-hydrogen) atoms. The predicted octanol–water partition coefficient (Wildman–Crippen LogP) is 4.07. The van der Waals surface area contributed by atoms with Crippen LogP contribution < -0.4 is 11.3 Å². The first-order valence-electron chi connectivity index (χ1n) is 7.63. The normalized spacial score (nSPS) is 24.9. The zero-order valence-corrected chi connectivity index (χ0v) is 12.4. The van der Waals surface area contributed by atoms with Crippen LogP contribution in [0.15, 0.2) is 28.7 Å². The molecular weight excluding hydrogens is 248 g/mol. The van der Waals surface area contributed by atoms with Crippen molar-refractivity contribution >= 4 is 11.0 Å². The zero-order chi connectivity index (χ0) is 14.1. The largest absolute Gasteiger partial charge is 0.459 e. The van der Waals surface area contributed by atoms with Crippen LogP contribution in [0.1, 0.15) is 50.0 Å². The molecule has 1 heterocycles. The van der Waals surface area contributed by atoms with E-state index >= 15 is 0 Å². The number of fused-ring (bicyclic) bond motifs is 1. The van der Waals surface area contributed by atoms with Gasteiger partial charge in [-0.2, -0.15) is 0 Å². The lowest BCUT2D eigenvalue weighted by Crippen LogP contribution is -2.35. The summed E-state index contributed by atoms with van der Waals surface area (Å²) >= 11 is 0.